The highest BCUT2D eigenvalue weighted by Crippen LogP contribution is 2.14. The van der Waals surface area contributed by atoms with E-state index >= 15 is 0 Å². The lowest BCUT2D eigenvalue weighted by atomic mass is 10.1. The summed E-state index contributed by atoms with van der Waals surface area (Å²) in [4.78, 5) is 15.6. The van der Waals surface area contributed by atoms with Gasteiger partial charge in [-0.05, 0) is 11.6 Å². The molecule has 2 N–H and O–H groups in total. The Labute approximate surface area is 122 Å². The van der Waals surface area contributed by atoms with Gasteiger partial charge in [-0.2, -0.15) is 0 Å². The number of hydrogen-bond donors (Lipinski definition) is 2. The normalized spacial score (nSPS) is 11.7. The van der Waals surface area contributed by atoms with Crippen molar-refractivity contribution in [3.05, 3.63) is 60.2 Å². The van der Waals surface area contributed by atoms with E-state index in [1.165, 1.54) is 12.3 Å². The number of ether oxygens (including phenoxy) is 1. The minimum absolute atomic E-state index is 0.0757. The molecule has 5 nitrogen and oxygen atoms in total. The molecule has 0 unspecified atom stereocenters. The number of pyridine rings is 1. The zero-order chi connectivity index (χ0) is 15.1. The van der Waals surface area contributed by atoms with Crippen LogP contribution in [-0.2, 0) is 4.74 Å². The van der Waals surface area contributed by atoms with Crippen LogP contribution in [0.25, 0.3) is 0 Å². The zero-order valence-corrected chi connectivity index (χ0v) is 11.5. The number of benzene rings is 1. The minimum atomic E-state index is -0.587. The molecule has 21 heavy (non-hydrogen) atoms. The van der Waals surface area contributed by atoms with Crippen molar-refractivity contribution in [1.29, 1.82) is 0 Å². The number of nitrogens with one attached hydrogen (secondary N) is 2. The summed E-state index contributed by atoms with van der Waals surface area (Å²) in [5.41, 5.74) is 0.983. The third-order valence-electron chi connectivity index (χ3n) is 2.86. The van der Waals surface area contributed by atoms with Crippen molar-refractivity contribution in [3.8, 4) is 0 Å². The molecule has 0 spiro atoms. The molecule has 1 aromatic carbocycles. The van der Waals surface area contributed by atoms with Crippen LogP contribution in [0.3, 0.4) is 0 Å². The fraction of sp³-hybridized carbons (Fsp3) is 0.200. The van der Waals surface area contributed by atoms with Gasteiger partial charge < -0.3 is 15.4 Å². The molecule has 1 atom stereocenters. The maximum absolute atomic E-state index is 13.4. The number of carbonyl (C=O) groups excluding carboxylic acids is 1. The summed E-state index contributed by atoms with van der Waals surface area (Å²) in [7, 11) is 1.55. The summed E-state index contributed by atoms with van der Waals surface area (Å²) < 4.78 is 18.5. The number of hydrogen-bond acceptors (Lipinski definition) is 3. The first-order chi connectivity index (χ1) is 10.2. The number of anilines is 1. The first-order valence-electron chi connectivity index (χ1n) is 6.41. The van der Waals surface area contributed by atoms with Crippen molar-refractivity contribution in [2.24, 2.45) is 0 Å². The zero-order valence-electron chi connectivity index (χ0n) is 11.5. The first kappa shape index (κ1) is 14.9. The Hall–Kier alpha value is -2.47. The quantitative estimate of drug-likeness (QED) is 0.889. The van der Waals surface area contributed by atoms with Crippen molar-refractivity contribution < 1.29 is 13.9 Å². The van der Waals surface area contributed by atoms with Crippen LogP contribution < -0.4 is 10.6 Å². The Morgan fingerprint density at radius 2 is 2.10 bits per heavy atom. The summed E-state index contributed by atoms with van der Waals surface area (Å²) in [5.74, 6) is -0.587. The van der Waals surface area contributed by atoms with Crippen molar-refractivity contribution in [2.75, 3.05) is 19.0 Å². The second-order valence-corrected chi connectivity index (χ2v) is 4.37. The molecule has 0 aliphatic heterocycles. The number of rotatable bonds is 5. The largest absolute Gasteiger partial charge is 0.382 e. The maximum Gasteiger partial charge on any atom is 0.319 e. The molecule has 2 rings (SSSR count). The van der Waals surface area contributed by atoms with Gasteiger partial charge in [0.25, 0.3) is 0 Å². The second-order valence-electron chi connectivity index (χ2n) is 4.37. The van der Waals surface area contributed by atoms with Crippen LogP contribution in [0.5, 0.6) is 0 Å². The molecule has 6 heteroatoms. The van der Waals surface area contributed by atoms with E-state index in [1.807, 2.05) is 30.3 Å². The predicted molar refractivity (Wildman–Crippen MR) is 77.4 cm³/mol. The smallest absolute Gasteiger partial charge is 0.319 e. The highest BCUT2D eigenvalue weighted by atomic mass is 19.1. The van der Waals surface area contributed by atoms with E-state index in [4.69, 9.17) is 4.74 Å². The monoisotopic (exact) mass is 289 g/mol. The standard InChI is InChI=1S/C15H16FN3O2/c1-21-10-14(11-5-3-2-4-6-11)19-15(20)18-13-7-8-17-9-12(13)16/h2-9,14H,10H2,1H3,(H2,17,18,19,20)/t14-/m1/s1. The SMILES string of the molecule is COC[C@@H](NC(=O)Nc1ccncc1F)c1ccccc1. The van der Waals surface area contributed by atoms with Gasteiger partial charge in [-0.25, -0.2) is 9.18 Å². The third-order valence-corrected chi connectivity index (χ3v) is 2.86. The van der Waals surface area contributed by atoms with Crippen LogP contribution in [0.2, 0.25) is 0 Å². The lowest BCUT2D eigenvalue weighted by molar-refractivity contribution is 0.168. The van der Waals surface area contributed by atoms with E-state index in [0.717, 1.165) is 11.8 Å². The van der Waals surface area contributed by atoms with E-state index in [9.17, 15) is 9.18 Å². The summed E-state index contributed by atoms with van der Waals surface area (Å²) in [6, 6.07) is 9.98. The van der Waals surface area contributed by atoms with Crippen LogP contribution in [0.15, 0.2) is 48.8 Å². The number of amides is 2. The Morgan fingerprint density at radius 1 is 1.33 bits per heavy atom. The number of halogens is 1. The number of aromatic nitrogens is 1. The van der Waals surface area contributed by atoms with Gasteiger partial charge in [-0.3, -0.25) is 4.98 Å². The summed E-state index contributed by atoms with van der Waals surface area (Å²) in [6.07, 6.45) is 2.45. The summed E-state index contributed by atoms with van der Waals surface area (Å²) in [6.45, 7) is 0.316. The van der Waals surface area contributed by atoms with Crippen molar-refractivity contribution in [2.45, 2.75) is 6.04 Å². The Kier molecular flexibility index (Phi) is 5.22. The van der Waals surface area contributed by atoms with Crippen LogP contribution >= 0.6 is 0 Å². The number of methoxy groups -OCH3 is 1. The number of nitrogens with zero attached hydrogens (tertiary/aromatic N) is 1. The molecule has 1 aromatic heterocycles. The third kappa shape index (κ3) is 4.25. The first-order valence-corrected chi connectivity index (χ1v) is 6.41. The maximum atomic E-state index is 13.4. The molecule has 0 saturated heterocycles. The van der Waals surface area contributed by atoms with Gasteiger partial charge in [0, 0.05) is 13.3 Å². The van der Waals surface area contributed by atoms with Gasteiger partial charge in [0.15, 0.2) is 5.82 Å². The number of urea groups is 1. The van der Waals surface area contributed by atoms with E-state index < -0.39 is 11.8 Å². The molecule has 0 radical (unpaired) electrons. The molecular weight excluding hydrogens is 273 g/mol. The molecule has 1 heterocycles. The highest BCUT2D eigenvalue weighted by molar-refractivity contribution is 5.89. The highest BCUT2D eigenvalue weighted by Gasteiger charge is 2.15. The van der Waals surface area contributed by atoms with Crippen LogP contribution in [-0.4, -0.2) is 24.7 Å². The van der Waals surface area contributed by atoms with Gasteiger partial charge in [0.2, 0.25) is 0 Å². The van der Waals surface area contributed by atoms with Gasteiger partial charge >= 0.3 is 6.03 Å². The molecule has 2 amide bonds. The fourth-order valence-corrected chi connectivity index (χ4v) is 1.87. The summed E-state index contributed by atoms with van der Waals surface area (Å²) in [5, 5.41) is 5.20. The van der Waals surface area contributed by atoms with Gasteiger partial charge in [-0.1, -0.05) is 30.3 Å². The minimum Gasteiger partial charge on any atom is -0.382 e. The van der Waals surface area contributed by atoms with Crippen molar-refractivity contribution in [3.63, 3.8) is 0 Å². The average molecular weight is 289 g/mol. The molecule has 0 saturated carbocycles. The average Bonchev–Trinajstić information content (AvgIpc) is 2.50. The van der Waals surface area contributed by atoms with E-state index in [1.54, 1.807) is 7.11 Å². The Bertz CT molecular complexity index is 592. The number of carbonyl (C=O) groups is 1. The van der Waals surface area contributed by atoms with Crippen LogP contribution in [0.1, 0.15) is 11.6 Å². The molecular formula is C15H16FN3O2. The lowest BCUT2D eigenvalue weighted by Gasteiger charge is -2.18. The van der Waals surface area contributed by atoms with Crippen molar-refractivity contribution in [1.82, 2.24) is 10.3 Å². The van der Waals surface area contributed by atoms with E-state index in [2.05, 4.69) is 15.6 Å². The summed E-state index contributed by atoms with van der Waals surface area (Å²) >= 11 is 0. The van der Waals surface area contributed by atoms with E-state index in [-0.39, 0.29) is 11.7 Å². The molecule has 0 aliphatic carbocycles. The van der Waals surface area contributed by atoms with Crippen molar-refractivity contribution >= 4 is 11.7 Å². The Morgan fingerprint density at radius 3 is 2.76 bits per heavy atom. The van der Waals surface area contributed by atoms with Gasteiger partial charge in [-0.15, -0.1) is 0 Å². The predicted octanol–water partition coefficient (Wildman–Crippen LogP) is 2.73. The topological polar surface area (TPSA) is 63.2 Å². The van der Waals surface area contributed by atoms with Gasteiger partial charge in [0.05, 0.1) is 24.5 Å². The fourth-order valence-electron chi connectivity index (χ4n) is 1.87. The second kappa shape index (κ2) is 7.35. The van der Waals surface area contributed by atoms with Gasteiger partial charge in [0.1, 0.15) is 0 Å². The molecule has 0 bridgehead atoms. The van der Waals surface area contributed by atoms with Crippen LogP contribution in [0.4, 0.5) is 14.9 Å². The van der Waals surface area contributed by atoms with E-state index in [0.29, 0.717) is 6.61 Å². The van der Waals surface area contributed by atoms with Crippen LogP contribution in [0, 0.1) is 5.82 Å². The molecule has 110 valence electrons. The molecule has 0 aliphatic rings. The molecule has 0 fully saturated rings. The molecule has 2 aromatic rings. The Balaban J connectivity index is 2.04. The lowest BCUT2D eigenvalue weighted by Crippen LogP contribution is -2.35.